The number of aromatic nitrogens is 2. The number of aryl methyl sites for hydroxylation is 2. The molecule has 1 fully saturated rings. The molecule has 3 heterocycles. The topological polar surface area (TPSA) is 84.7 Å². The van der Waals surface area contributed by atoms with Crippen molar-refractivity contribution in [1.82, 2.24) is 9.78 Å². The Morgan fingerprint density at radius 3 is 2.73 bits per heavy atom. The Kier molecular flexibility index (Phi) is 6.16. The van der Waals surface area contributed by atoms with Gasteiger partial charge < -0.3 is 9.84 Å². The zero-order valence-corrected chi connectivity index (χ0v) is 24.1. The highest BCUT2D eigenvalue weighted by Gasteiger charge is 2.63. The van der Waals surface area contributed by atoms with Crippen molar-refractivity contribution in [3.8, 4) is 22.1 Å². The summed E-state index contributed by atoms with van der Waals surface area (Å²) in [5.74, 6) is -0.850. The zero-order chi connectivity index (χ0) is 28.5. The van der Waals surface area contributed by atoms with Crippen LogP contribution in [0.3, 0.4) is 0 Å². The third-order valence-corrected chi connectivity index (χ3v) is 9.96. The maximum absolute atomic E-state index is 14.4. The minimum Gasteiger partial charge on any atom is -0.508 e. The van der Waals surface area contributed by atoms with Gasteiger partial charge in [0.05, 0.1) is 23.3 Å². The Balaban J connectivity index is 1.46. The lowest BCUT2D eigenvalue weighted by molar-refractivity contribution is -0.127. The number of nitrogens with zero attached hydrogens (tertiary/aromatic N) is 3. The lowest BCUT2D eigenvalue weighted by atomic mass is 9.60. The van der Waals surface area contributed by atoms with Gasteiger partial charge in [0.25, 0.3) is 0 Å². The van der Waals surface area contributed by atoms with Gasteiger partial charge in [0, 0.05) is 34.3 Å². The number of carbonyl (C=O) groups is 2. The second-order valence-electron chi connectivity index (χ2n) is 10.5. The Labute approximate surface area is 240 Å². The van der Waals surface area contributed by atoms with Gasteiger partial charge in [0.2, 0.25) is 11.8 Å². The molecule has 9 heteroatoms. The average Bonchev–Trinajstić information content (AvgIpc) is 3.53. The van der Waals surface area contributed by atoms with Gasteiger partial charge in [-0.15, -0.1) is 11.3 Å². The Morgan fingerprint density at radius 2 is 2.00 bits per heavy atom. The largest absolute Gasteiger partial charge is 0.508 e. The van der Waals surface area contributed by atoms with Crippen molar-refractivity contribution in [3.05, 3.63) is 82.9 Å². The summed E-state index contributed by atoms with van der Waals surface area (Å²) < 4.78 is 8.08. The summed E-state index contributed by atoms with van der Waals surface area (Å²) in [4.78, 5) is 30.6. The Morgan fingerprint density at radius 1 is 1.23 bits per heavy atom. The van der Waals surface area contributed by atoms with Crippen LogP contribution >= 0.6 is 22.9 Å². The molecule has 1 N–H and O–H groups in total. The summed E-state index contributed by atoms with van der Waals surface area (Å²) in [6, 6.07) is 12.5. The number of allylic oxidation sites excluding steroid dienone is 3. The van der Waals surface area contributed by atoms with Crippen molar-refractivity contribution >= 4 is 50.7 Å². The quantitative estimate of drug-likeness (QED) is 0.266. The fourth-order valence-corrected chi connectivity index (χ4v) is 7.63. The van der Waals surface area contributed by atoms with Gasteiger partial charge in [-0.1, -0.05) is 30.3 Å². The molecule has 2 aromatic carbocycles. The summed E-state index contributed by atoms with van der Waals surface area (Å²) in [5, 5.41) is 17.3. The molecule has 2 aliphatic rings. The predicted molar refractivity (Wildman–Crippen MR) is 158 cm³/mol. The second-order valence-corrected chi connectivity index (χ2v) is 12.0. The number of imide groups is 1. The molecule has 3 unspecified atom stereocenters. The number of ether oxygens (including phenoxy) is 1. The monoisotopic (exact) mass is 573 g/mol. The lowest BCUT2D eigenvalue weighted by Crippen LogP contribution is -2.42. The van der Waals surface area contributed by atoms with E-state index in [-0.39, 0.29) is 17.6 Å². The molecule has 6 rings (SSSR count). The third kappa shape index (κ3) is 3.66. The van der Waals surface area contributed by atoms with Crippen LogP contribution in [-0.2, 0) is 16.6 Å². The number of methoxy groups -OCH3 is 1. The molecule has 2 aromatic heterocycles. The van der Waals surface area contributed by atoms with Crippen molar-refractivity contribution in [1.29, 1.82) is 0 Å². The van der Waals surface area contributed by atoms with E-state index in [9.17, 15) is 14.7 Å². The molecule has 204 valence electrons. The summed E-state index contributed by atoms with van der Waals surface area (Å²) in [7, 11) is 3.28. The van der Waals surface area contributed by atoms with Gasteiger partial charge in [-0.05, 0) is 73.2 Å². The number of fused-ring (bicyclic) bond motifs is 2. The number of carbonyl (C=O) groups excluding carboxylic acids is 2. The highest BCUT2D eigenvalue weighted by atomic mass is 35.5. The van der Waals surface area contributed by atoms with Crippen molar-refractivity contribution in [2.75, 3.05) is 12.0 Å². The molecular weight excluding hydrogens is 546 g/mol. The van der Waals surface area contributed by atoms with Crippen LogP contribution in [0.4, 0.5) is 5.82 Å². The fraction of sp³-hybridized carbons (Fsp3) is 0.258. The van der Waals surface area contributed by atoms with E-state index in [2.05, 4.69) is 6.58 Å². The normalized spacial score (nSPS) is 22.5. The molecule has 2 amide bonds. The number of anilines is 1. The van der Waals surface area contributed by atoms with E-state index in [0.717, 1.165) is 26.1 Å². The van der Waals surface area contributed by atoms with Crippen LogP contribution in [0.25, 0.3) is 20.7 Å². The van der Waals surface area contributed by atoms with E-state index in [1.54, 1.807) is 60.5 Å². The number of rotatable bonds is 5. The van der Waals surface area contributed by atoms with Gasteiger partial charge in [0.1, 0.15) is 23.0 Å². The first kappa shape index (κ1) is 26.3. The molecule has 0 radical (unpaired) electrons. The SMILES string of the molecule is C=CC1=CCC2C(=O)N(c3cc(-c4sc5ccc(Cl)cc5c4C)nn3C)C(=O)C2(C)C1c1cc(OC)ccc1O. The van der Waals surface area contributed by atoms with E-state index >= 15 is 0 Å². The number of aromatic hydroxyl groups is 1. The van der Waals surface area contributed by atoms with Crippen LogP contribution in [0.2, 0.25) is 5.02 Å². The molecule has 7 nitrogen and oxygen atoms in total. The first-order valence-corrected chi connectivity index (χ1v) is 14.1. The van der Waals surface area contributed by atoms with E-state index in [4.69, 9.17) is 21.4 Å². The van der Waals surface area contributed by atoms with Crippen LogP contribution in [0.1, 0.15) is 30.4 Å². The molecule has 1 aliphatic carbocycles. The number of hydrogen-bond acceptors (Lipinski definition) is 6. The van der Waals surface area contributed by atoms with Gasteiger partial charge in [-0.3, -0.25) is 14.3 Å². The van der Waals surface area contributed by atoms with Crippen molar-refractivity contribution < 1.29 is 19.4 Å². The lowest BCUT2D eigenvalue weighted by Gasteiger charge is -2.40. The standard InChI is InChI=1S/C31H28ClN3O4S/c1-6-17-7-10-22-29(37)35(30(38)31(22,3)27(17)21-14-19(39-5)9-11-24(21)36)26-15-23(33-34(26)4)28-16(2)20-13-18(32)8-12-25(20)40-28/h6-9,11-15,22,27,36H,1,10H2,2-5H3. The first-order chi connectivity index (χ1) is 19.1. The number of benzene rings is 2. The Hall–Kier alpha value is -3.88. The fourth-order valence-electron chi connectivity index (χ4n) is 6.32. The maximum atomic E-state index is 14.4. The maximum Gasteiger partial charge on any atom is 0.242 e. The summed E-state index contributed by atoms with van der Waals surface area (Å²) in [5.41, 5.74) is 1.87. The molecule has 0 bridgehead atoms. The van der Waals surface area contributed by atoms with Crippen molar-refractivity contribution in [3.63, 3.8) is 0 Å². The van der Waals surface area contributed by atoms with Gasteiger partial charge >= 0.3 is 0 Å². The molecular formula is C31H28ClN3O4S. The smallest absolute Gasteiger partial charge is 0.242 e. The van der Waals surface area contributed by atoms with Crippen LogP contribution in [-0.4, -0.2) is 33.8 Å². The predicted octanol–water partition coefficient (Wildman–Crippen LogP) is 6.77. The number of thiophene rings is 1. The van der Waals surface area contributed by atoms with Gasteiger partial charge in [-0.25, -0.2) is 4.90 Å². The molecule has 1 saturated heterocycles. The van der Waals surface area contributed by atoms with Gasteiger partial charge in [0.15, 0.2) is 0 Å². The third-order valence-electron chi connectivity index (χ3n) is 8.43. The molecule has 40 heavy (non-hydrogen) atoms. The van der Waals surface area contributed by atoms with Crippen LogP contribution in [0.5, 0.6) is 11.5 Å². The zero-order valence-electron chi connectivity index (χ0n) is 22.6. The second kappa shape index (κ2) is 9.35. The van der Waals surface area contributed by atoms with Gasteiger partial charge in [-0.2, -0.15) is 5.10 Å². The Bertz CT molecular complexity index is 1770. The van der Waals surface area contributed by atoms with Crippen molar-refractivity contribution in [2.45, 2.75) is 26.2 Å². The number of phenolic OH excluding ortho intramolecular Hbond substituents is 1. The molecule has 1 aliphatic heterocycles. The molecule has 3 atom stereocenters. The first-order valence-electron chi connectivity index (χ1n) is 12.9. The highest BCUT2D eigenvalue weighted by Crippen LogP contribution is 2.58. The number of hydrogen-bond donors (Lipinski definition) is 1. The summed E-state index contributed by atoms with van der Waals surface area (Å²) in [6.07, 6.45) is 4.03. The summed E-state index contributed by atoms with van der Waals surface area (Å²) >= 11 is 7.84. The molecule has 0 saturated carbocycles. The number of halogens is 1. The van der Waals surface area contributed by atoms with E-state index < -0.39 is 17.3 Å². The van der Waals surface area contributed by atoms with Crippen LogP contribution in [0.15, 0.2) is 66.8 Å². The van der Waals surface area contributed by atoms with Crippen LogP contribution in [0, 0.1) is 18.3 Å². The molecule has 4 aromatic rings. The number of amides is 2. The number of phenols is 1. The minimum atomic E-state index is -1.16. The van der Waals surface area contributed by atoms with E-state index in [1.165, 1.54) is 4.90 Å². The molecule has 0 spiro atoms. The average molecular weight is 574 g/mol. The van der Waals surface area contributed by atoms with E-state index in [0.29, 0.717) is 34.3 Å². The highest BCUT2D eigenvalue weighted by molar-refractivity contribution is 7.22. The minimum absolute atomic E-state index is 0.0299. The summed E-state index contributed by atoms with van der Waals surface area (Å²) in [6.45, 7) is 7.81. The van der Waals surface area contributed by atoms with Crippen LogP contribution < -0.4 is 9.64 Å². The van der Waals surface area contributed by atoms with Crippen molar-refractivity contribution in [2.24, 2.45) is 18.4 Å². The van der Waals surface area contributed by atoms with E-state index in [1.807, 2.05) is 38.1 Å².